The largest absolute Gasteiger partial charge is 0.505 e. The number of halogens is 1. The SMILES string of the molecule is CN1CCOCC(Cc2ccc(O)c(F)c2)C1. The van der Waals surface area contributed by atoms with E-state index in [0.29, 0.717) is 12.5 Å². The highest BCUT2D eigenvalue weighted by atomic mass is 19.1. The Morgan fingerprint density at radius 3 is 3.12 bits per heavy atom. The highest BCUT2D eigenvalue weighted by molar-refractivity contribution is 5.28. The van der Waals surface area contributed by atoms with Gasteiger partial charge in [-0.2, -0.15) is 0 Å². The summed E-state index contributed by atoms with van der Waals surface area (Å²) in [5, 5.41) is 9.13. The summed E-state index contributed by atoms with van der Waals surface area (Å²) in [6.45, 7) is 3.38. The van der Waals surface area contributed by atoms with Crippen LogP contribution in [-0.4, -0.2) is 43.4 Å². The van der Waals surface area contributed by atoms with Crippen molar-refractivity contribution in [1.29, 1.82) is 0 Å². The summed E-state index contributed by atoms with van der Waals surface area (Å²) in [4.78, 5) is 2.23. The third-order valence-electron chi connectivity index (χ3n) is 3.08. The number of likely N-dealkylation sites (N-methyl/N-ethyl adjacent to an activating group) is 1. The summed E-state index contributed by atoms with van der Waals surface area (Å²) in [6, 6.07) is 4.58. The number of rotatable bonds is 2. The molecule has 1 saturated heterocycles. The fourth-order valence-electron chi connectivity index (χ4n) is 2.19. The Labute approximate surface area is 101 Å². The number of hydrogen-bond acceptors (Lipinski definition) is 3. The van der Waals surface area contributed by atoms with E-state index in [9.17, 15) is 4.39 Å². The summed E-state index contributed by atoms with van der Waals surface area (Å²) in [5.74, 6) is -0.458. The van der Waals surface area contributed by atoms with Gasteiger partial charge in [0.25, 0.3) is 0 Å². The smallest absolute Gasteiger partial charge is 0.165 e. The average Bonchev–Trinajstić information content (AvgIpc) is 2.48. The van der Waals surface area contributed by atoms with Crippen molar-refractivity contribution in [2.75, 3.05) is 33.4 Å². The van der Waals surface area contributed by atoms with Crippen LogP contribution in [0.2, 0.25) is 0 Å². The van der Waals surface area contributed by atoms with E-state index in [1.54, 1.807) is 6.07 Å². The van der Waals surface area contributed by atoms with Crippen LogP contribution in [0.25, 0.3) is 0 Å². The molecule has 1 aliphatic rings. The molecule has 0 spiro atoms. The van der Waals surface area contributed by atoms with Crippen molar-refractivity contribution in [2.45, 2.75) is 6.42 Å². The van der Waals surface area contributed by atoms with E-state index >= 15 is 0 Å². The molecule has 0 amide bonds. The van der Waals surface area contributed by atoms with Gasteiger partial charge < -0.3 is 14.7 Å². The minimum Gasteiger partial charge on any atom is -0.505 e. The normalized spacial score (nSPS) is 22.4. The predicted octanol–water partition coefficient (Wildman–Crippen LogP) is 1.65. The second-order valence-corrected chi connectivity index (χ2v) is 4.69. The van der Waals surface area contributed by atoms with Crippen molar-refractivity contribution in [3.05, 3.63) is 29.6 Å². The minimum absolute atomic E-state index is 0.289. The van der Waals surface area contributed by atoms with Gasteiger partial charge in [0.15, 0.2) is 11.6 Å². The number of nitrogens with zero attached hydrogens (tertiary/aromatic N) is 1. The lowest BCUT2D eigenvalue weighted by Gasteiger charge is -2.18. The molecular formula is C13H18FNO2. The Kier molecular flexibility index (Phi) is 3.97. The van der Waals surface area contributed by atoms with Gasteiger partial charge in [-0.3, -0.25) is 0 Å². The molecule has 2 rings (SSSR count). The summed E-state index contributed by atoms with van der Waals surface area (Å²) in [6.07, 6.45) is 0.779. The summed E-state index contributed by atoms with van der Waals surface area (Å²) < 4.78 is 18.7. The van der Waals surface area contributed by atoms with Crippen LogP contribution in [0.3, 0.4) is 0 Å². The monoisotopic (exact) mass is 239 g/mol. The zero-order chi connectivity index (χ0) is 12.3. The molecule has 0 aromatic heterocycles. The fraction of sp³-hybridized carbons (Fsp3) is 0.538. The molecule has 0 radical (unpaired) electrons. The Hall–Kier alpha value is -1.13. The zero-order valence-electron chi connectivity index (χ0n) is 10.0. The summed E-state index contributed by atoms with van der Waals surface area (Å²) in [7, 11) is 2.07. The number of ether oxygens (including phenoxy) is 1. The van der Waals surface area contributed by atoms with Crippen molar-refractivity contribution >= 4 is 0 Å². The molecular weight excluding hydrogens is 221 g/mol. The lowest BCUT2D eigenvalue weighted by Crippen LogP contribution is -2.27. The molecule has 1 heterocycles. The topological polar surface area (TPSA) is 32.7 Å². The first-order valence-electron chi connectivity index (χ1n) is 5.89. The van der Waals surface area contributed by atoms with Crippen LogP contribution in [0.5, 0.6) is 5.75 Å². The zero-order valence-corrected chi connectivity index (χ0v) is 10.0. The highest BCUT2D eigenvalue weighted by Gasteiger charge is 2.17. The van der Waals surface area contributed by atoms with Crippen molar-refractivity contribution in [3.63, 3.8) is 0 Å². The predicted molar refractivity (Wildman–Crippen MR) is 63.6 cm³/mol. The molecule has 1 aromatic carbocycles. The van der Waals surface area contributed by atoms with Crippen LogP contribution >= 0.6 is 0 Å². The maximum atomic E-state index is 13.2. The summed E-state index contributed by atoms with van der Waals surface area (Å²) in [5.41, 5.74) is 0.907. The molecule has 1 fully saturated rings. The number of phenolic OH excluding ortho intramolecular Hbond substituents is 1. The van der Waals surface area contributed by atoms with Crippen LogP contribution in [0.4, 0.5) is 4.39 Å². The van der Waals surface area contributed by atoms with Crippen LogP contribution in [-0.2, 0) is 11.2 Å². The molecule has 0 aliphatic carbocycles. The molecule has 17 heavy (non-hydrogen) atoms. The van der Waals surface area contributed by atoms with Gasteiger partial charge in [0.05, 0.1) is 13.2 Å². The van der Waals surface area contributed by atoms with Crippen LogP contribution in [0.1, 0.15) is 5.56 Å². The first-order chi connectivity index (χ1) is 8.15. The Morgan fingerprint density at radius 1 is 1.53 bits per heavy atom. The van der Waals surface area contributed by atoms with Gasteiger partial charge in [-0.1, -0.05) is 6.07 Å². The van der Waals surface area contributed by atoms with E-state index in [-0.39, 0.29) is 5.75 Å². The van der Waals surface area contributed by atoms with Crippen LogP contribution in [0, 0.1) is 11.7 Å². The van der Waals surface area contributed by atoms with Gasteiger partial charge >= 0.3 is 0 Å². The number of benzene rings is 1. The molecule has 4 heteroatoms. The van der Waals surface area contributed by atoms with Gasteiger partial charge in [0.2, 0.25) is 0 Å². The minimum atomic E-state index is -0.551. The highest BCUT2D eigenvalue weighted by Crippen LogP contribution is 2.19. The second kappa shape index (κ2) is 5.47. The average molecular weight is 239 g/mol. The van der Waals surface area contributed by atoms with Crippen molar-refractivity contribution in [2.24, 2.45) is 5.92 Å². The van der Waals surface area contributed by atoms with Gasteiger partial charge in [-0.05, 0) is 37.1 Å². The third-order valence-corrected chi connectivity index (χ3v) is 3.08. The lowest BCUT2D eigenvalue weighted by atomic mass is 9.99. The van der Waals surface area contributed by atoms with E-state index in [1.165, 1.54) is 12.1 Å². The standard InChI is InChI=1S/C13H18FNO2/c1-15-4-5-17-9-11(8-15)6-10-2-3-13(16)12(14)7-10/h2-3,7,11,16H,4-6,8-9H2,1H3. The summed E-state index contributed by atoms with van der Waals surface area (Å²) >= 11 is 0. The van der Waals surface area contributed by atoms with E-state index in [0.717, 1.165) is 31.7 Å². The molecule has 1 aromatic rings. The first kappa shape index (κ1) is 12.3. The Balaban J connectivity index is 2.01. The molecule has 1 N–H and O–H groups in total. The van der Waals surface area contributed by atoms with Gasteiger partial charge in [-0.15, -0.1) is 0 Å². The van der Waals surface area contributed by atoms with Crippen molar-refractivity contribution < 1.29 is 14.2 Å². The van der Waals surface area contributed by atoms with E-state index < -0.39 is 5.82 Å². The quantitative estimate of drug-likeness (QED) is 0.852. The molecule has 3 nitrogen and oxygen atoms in total. The Morgan fingerprint density at radius 2 is 2.35 bits per heavy atom. The van der Waals surface area contributed by atoms with Gasteiger partial charge in [0, 0.05) is 13.1 Å². The molecule has 1 aliphatic heterocycles. The maximum Gasteiger partial charge on any atom is 0.165 e. The lowest BCUT2D eigenvalue weighted by molar-refractivity contribution is 0.122. The second-order valence-electron chi connectivity index (χ2n) is 4.69. The van der Waals surface area contributed by atoms with E-state index in [2.05, 4.69) is 11.9 Å². The molecule has 0 saturated carbocycles. The number of aromatic hydroxyl groups is 1. The maximum absolute atomic E-state index is 13.2. The Bertz CT molecular complexity index is 384. The van der Waals surface area contributed by atoms with Crippen molar-refractivity contribution in [3.8, 4) is 5.75 Å². The van der Waals surface area contributed by atoms with Gasteiger partial charge in [0.1, 0.15) is 0 Å². The number of hydrogen-bond donors (Lipinski definition) is 1. The van der Waals surface area contributed by atoms with Crippen LogP contribution in [0.15, 0.2) is 18.2 Å². The van der Waals surface area contributed by atoms with E-state index in [1.807, 2.05) is 0 Å². The number of phenols is 1. The molecule has 0 bridgehead atoms. The van der Waals surface area contributed by atoms with Gasteiger partial charge in [-0.25, -0.2) is 4.39 Å². The molecule has 94 valence electrons. The van der Waals surface area contributed by atoms with Crippen LogP contribution < -0.4 is 0 Å². The third kappa shape index (κ3) is 3.41. The molecule has 1 atom stereocenters. The first-order valence-corrected chi connectivity index (χ1v) is 5.89. The fourth-order valence-corrected chi connectivity index (χ4v) is 2.19. The van der Waals surface area contributed by atoms with E-state index in [4.69, 9.17) is 9.84 Å². The van der Waals surface area contributed by atoms with Crippen molar-refractivity contribution in [1.82, 2.24) is 4.90 Å². The molecule has 1 unspecified atom stereocenters.